The van der Waals surface area contributed by atoms with E-state index in [2.05, 4.69) is 0 Å². The molecule has 0 saturated heterocycles. The molecular weight excluding hydrogens is 354 g/mol. The summed E-state index contributed by atoms with van der Waals surface area (Å²) in [5, 5.41) is 10.2. The molecule has 2 aromatic carbocycles. The molecule has 0 radical (unpaired) electrons. The normalized spacial score (nSPS) is 22.6. The Morgan fingerprint density at radius 1 is 1.04 bits per heavy atom. The third-order valence-corrected chi connectivity index (χ3v) is 6.07. The number of hydrogen-bond donors (Lipinski definition) is 1. The van der Waals surface area contributed by atoms with E-state index in [-0.39, 0.29) is 11.9 Å². The van der Waals surface area contributed by atoms with E-state index in [1.807, 2.05) is 41.3 Å². The molecule has 1 aliphatic heterocycles. The second kappa shape index (κ2) is 7.66. The number of amides is 1. The third kappa shape index (κ3) is 3.15. The molecule has 28 heavy (non-hydrogen) atoms. The minimum Gasteiger partial charge on any atom is -0.497 e. The van der Waals surface area contributed by atoms with Crippen molar-refractivity contribution in [2.24, 2.45) is 0 Å². The fourth-order valence-electron chi connectivity index (χ4n) is 4.73. The number of carbonyl (C=O) groups is 2. The van der Waals surface area contributed by atoms with Crippen molar-refractivity contribution >= 4 is 11.9 Å². The molecule has 146 valence electrons. The summed E-state index contributed by atoms with van der Waals surface area (Å²) in [6, 6.07) is 14.1. The highest BCUT2D eigenvalue weighted by molar-refractivity contribution is 6.00. The molecule has 2 unspecified atom stereocenters. The zero-order valence-corrected chi connectivity index (χ0v) is 16.0. The summed E-state index contributed by atoms with van der Waals surface area (Å²) in [6.45, 7) is 0. The Morgan fingerprint density at radius 2 is 1.71 bits per heavy atom. The first-order chi connectivity index (χ1) is 13.6. The zero-order chi connectivity index (χ0) is 19.7. The minimum absolute atomic E-state index is 0.0548. The highest BCUT2D eigenvalue weighted by atomic mass is 16.5. The smallest absolute Gasteiger partial charge is 0.313 e. The van der Waals surface area contributed by atoms with Gasteiger partial charge in [-0.15, -0.1) is 0 Å². The molecule has 0 spiro atoms. The van der Waals surface area contributed by atoms with E-state index >= 15 is 0 Å². The van der Waals surface area contributed by atoms with Crippen LogP contribution in [0, 0.1) is 0 Å². The number of hydrogen-bond acceptors (Lipinski definition) is 3. The summed E-state index contributed by atoms with van der Waals surface area (Å²) in [4.78, 5) is 27.8. The molecule has 4 rings (SSSR count). The van der Waals surface area contributed by atoms with Crippen LogP contribution < -0.4 is 4.74 Å². The topological polar surface area (TPSA) is 66.8 Å². The van der Waals surface area contributed by atoms with Crippen LogP contribution in [0.15, 0.2) is 48.5 Å². The summed E-state index contributed by atoms with van der Waals surface area (Å²) in [5.41, 5.74) is 1.96. The number of benzene rings is 2. The van der Waals surface area contributed by atoms with Crippen LogP contribution in [0.25, 0.3) is 0 Å². The highest BCUT2D eigenvalue weighted by Gasteiger charge is 2.46. The molecule has 1 N–H and O–H groups in total. The van der Waals surface area contributed by atoms with E-state index in [1.165, 1.54) is 6.42 Å². The first-order valence-corrected chi connectivity index (χ1v) is 9.90. The number of rotatable bonds is 4. The maximum Gasteiger partial charge on any atom is 0.313 e. The fourth-order valence-corrected chi connectivity index (χ4v) is 4.73. The number of fused-ring (bicyclic) bond motifs is 1. The Morgan fingerprint density at radius 3 is 2.36 bits per heavy atom. The van der Waals surface area contributed by atoms with Gasteiger partial charge in [0.1, 0.15) is 11.7 Å². The van der Waals surface area contributed by atoms with E-state index in [0.29, 0.717) is 16.9 Å². The molecule has 1 amide bonds. The van der Waals surface area contributed by atoms with E-state index in [0.717, 1.165) is 31.2 Å². The van der Waals surface area contributed by atoms with Crippen LogP contribution in [-0.2, 0) is 4.79 Å². The molecule has 2 atom stereocenters. The Labute approximate surface area is 164 Å². The van der Waals surface area contributed by atoms with Gasteiger partial charge in [-0.2, -0.15) is 0 Å². The Kier molecular flexibility index (Phi) is 5.07. The van der Waals surface area contributed by atoms with Gasteiger partial charge in [0.2, 0.25) is 0 Å². The van der Waals surface area contributed by atoms with Crippen molar-refractivity contribution in [2.45, 2.75) is 50.1 Å². The molecule has 5 nitrogen and oxygen atoms in total. The lowest BCUT2D eigenvalue weighted by Gasteiger charge is -2.46. The van der Waals surface area contributed by atoms with Crippen molar-refractivity contribution in [1.82, 2.24) is 4.90 Å². The highest BCUT2D eigenvalue weighted by Crippen LogP contribution is 2.45. The second-order valence-electron chi connectivity index (χ2n) is 7.63. The third-order valence-electron chi connectivity index (χ3n) is 6.07. The monoisotopic (exact) mass is 379 g/mol. The number of methoxy groups -OCH3 is 1. The van der Waals surface area contributed by atoms with Crippen molar-refractivity contribution in [3.8, 4) is 5.75 Å². The average molecular weight is 379 g/mol. The van der Waals surface area contributed by atoms with Gasteiger partial charge in [-0.05, 0) is 42.2 Å². The largest absolute Gasteiger partial charge is 0.497 e. The molecule has 1 heterocycles. The molecular formula is C23H25NO4. The Balaban J connectivity index is 1.87. The van der Waals surface area contributed by atoms with Crippen LogP contribution >= 0.6 is 0 Å². The van der Waals surface area contributed by atoms with Gasteiger partial charge in [-0.1, -0.05) is 49.6 Å². The maximum atomic E-state index is 13.5. The predicted octanol–water partition coefficient (Wildman–Crippen LogP) is 4.39. The van der Waals surface area contributed by atoms with E-state index in [1.54, 1.807) is 19.2 Å². The molecule has 1 saturated carbocycles. The van der Waals surface area contributed by atoms with Gasteiger partial charge < -0.3 is 14.7 Å². The number of carboxylic acids is 1. The fraction of sp³-hybridized carbons (Fsp3) is 0.391. The van der Waals surface area contributed by atoms with E-state index in [9.17, 15) is 14.7 Å². The average Bonchev–Trinajstić information content (AvgIpc) is 2.74. The number of aliphatic carboxylic acids is 1. The Bertz CT molecular complexity index is 870. The molecule has 5 heteroatoms. The standard InChI is InChI=1S/C23H25NO4/c1-28-17-13-11-15(12-14-17)21-20(23(26)27)18-9-5-6-10-19(18)22(25)24(21)16-7-3-2-4-8-16/h5-6,9-14,16,20-21H,2-4,7-8H2,1H3,(H,26,27). The van der Waals surface area contributed by atoms with Gasteiger partial charge in [0.15, 0.2) is 0 Å². The number of ether oxygens (including phenoxy) is 1. The lowest BCUT2D eigenvalue weighted by Crippen LogP contribution is -2.50. The van der Waals surface area contributed by atoms with Crippen LogP contribution in [0.5, 0.6) is 5.75 Å². The van der Waals surface area contributed by atoms with Gasteiger partial charge >= 0.3 is 5.97 Å². The van der Waals surface area contributed by atoms with Crippen LogP contribution in [0.4, 0.5) is 0 Å². The molecule has 1 fully saturated rings. The number of nitrogens with zero attached hydrogens (tertiary/aromatic N) is 1. The summed E-state index contributed by atoms with van der Waals surface area (Å²) in [7, 11) is 1.60. The van der Waals surface area contributed by atoms with Gasteiger partial charge in [0.25, 0.3) is 5.91 Å². The van der Waals surface area contributed by atoms with Crippen LogP contribution in [0.1, 0.15) is 65.5 Å². The summed E-state index contributed by atoms with van der Waals surface area (Å²) in [6.07, 6.45) is 5.16. The van der Waals surface area contributed by atoms with Gasteiger partial charge in [0.05, 0.1) is 13.2 Å². The molecule has 0 aromatic heterocycles. The van der Waals surface area contributed by atoms with Crippen molar-refractivity contribution in [2.75, 3.05) is 7.11 Å². The summed E-state index contributed by atoms with van der Waals surface area (Å²) in [5.74, 6) is -1.03. The summed E-state index contributed by atoms with van der Waals surface area (Å²) >= 11 is 0. The predicted molar refractivity (Wildman–Crippen MR) is 106 cm³/mol. The van der Waals surface area contributed by atoms with Crippen LogP contribution in [0.2, 0.25) is 0 Å². The van der Waals surface area contributed by atoms with Gasteiger partial charge in [-0.25, -0.2) is 0 Å². The number of carboxylic acid groups (broad SMARTS) is 1. The van der Waals surface area contributed by atoms with E-state index in [4.69, 9.17) is 4.74 Å². The lowest BCUT2D eigenvalue weighted by molar-refractivity contribution is -0.141. The minimum atomic E-state index is -0.901. The van der Waals surface area contributed by atoms with Gasteiger partial charge in [0, 0.05) is 11.6 Å². The first-order valence-electron chi connectivity index (χ1n) is 9.90. The van der Waals surface area contributed by atoms with Crippen LogP contribution in [0.3, 0.4) is 0 Å². The maximum absolute atomic E-state index is 13.5. The van der Waals surface area contributed by atoms with Crippen LogP contribution in [-0.4, -0.2) is 35.0 Å². The van der Waals surface area contributed by atoms with Crippen molar-refractivity contribution in [3.63, 3.8) is 0 Å². The first kappa shape index (κ1) is 18.5. The van der Waals surface area contributed by atoms with Crippen molar-refractivity contribution < 1.29 is 19.4 Å². The second-order valence-corrected chi connectivity index (χ2v) is 7.63. The summed E-state index contributed by atoms with van der Waals surface area (Å²) < 4.78 is 5.25. The SMILES string of the molecule is COc1ccc(C2C(C(=O)O)c3ccccc3C(=O)N2C2CCCCC2)cc1. The number of carbonyl (C=O) groups excluding carboxylic acids is 1. The molecule has 2 aromatic rings. The molecule has 1 aliphatic carbocycles. The molecule has 0 bridgehead atoms. The van der Waals surface area contributed by atoms with Crippen molar-refractivity contribution in [3.05, 3.63) is 65.2 Å². The Hall–Kier alpha value is -2.82. The zero-order valence-electron chi connectivity index (χ0n) is 16.0. The lowest BCUT2D eigenvalue weighted by atomic mass is 9.77. The quantitative estimate of drug-likeness (QED) is 0.855. The van der Waals surface area contributed by atoms with Gasteiger partial charge in [-0.3, -0.25) is 9.59 Å². The van der Waals surface area contributed by atoms with E-state index < -0.39 is 17.9 Å². The molecule has 2 aliphatic rings. The van der Waals surface area contributed by atoms with Crippen molar-refractivity contribution in [1.29, 1.82) is 0 Å².